The highest BCUT2D eigenvalue weighted by atomic mass is 15.0. The number of benzene rings is 2. The molecular weight excluding hydrogens is 220 g/mol. The van der Waals surface area contributed by atoms with E-state index in [0.29, 0.717) is 0 Å². The van der Waals surface area contributed by atoms with Crippen molar-refractivity contribution in [2.45, 2.75) is 13.3 Å². The molecule has 0 saturated heterocycles. The topological polar surface area (TPSA) is 52.0 Å². The normalized spacial score (nSPS) is 11.7. The standard InChI is InChI=1S/C16H14.H4N2/c1-2-6-12-8-5-10-15-14-9-4-3-7-13(14)11-16(12)15;1-2/h2-10H,11H2,1H3;1-2H2. The molecule has 0 aliphatic heterocycles. The van der Waals surface area contributed by atoms with E-state index < -0.39 is 0 Å². The highest BCUT2D eigenvalue weighted by Gasteiger charge is 2.18. The van der Waals surface area contributed by atoms with Crippen molar-refractivity contribution < 1.29 is 0 Å². The van der Waals surface area contributed by atoms with Gasteiger partial charge in [-0.15, -0.1) is 0 Å². The zero-order valence-corrected chi connectivity index (χ0v) is 10.6. The van der Waals surface area contributed by atoms with E-state index in [1.165, 1.54) is 27.8 Å². The highest BCUT2D eigenvalue weighted by molar-refractivity contribution is 5.80. The van der Waals surface area contributed by atoms with Crippen LogP contribution in [0.15, 0.2) is 48.5 Å². The van der Waals surface area contributed by atoms with Crippen molar-refractivity contribution in [2.75, 3.05) is 0 Å². The van der Waals surface area contributed by atoms with Crippen LogP contribution >= 0.6 is 0 Å². The maximum Gasteiger partial charge on any atom is -0.000751 e. The lowest BCUT2D eigenvalue weighted by Crippen LogP contribution is -2.02. The van der Waals surface area contributed by atoms with Gasteiger partial charge in [-0.1, -0.05) is 54.6 Å². The van der Waals surface area contributed by atoms with E-state index in [2.05, 4.69) is 73.2 Å². The molecule has 2 nitrogen and oxygen atoms in total. The van der Waals surface area contributed by atoms with Gasteiger partial charge in [0.2, 0.25) is 0 Å². The maximum atomic E-state index is 4.00. The average Bonchev–Trinajstić information content (AvgIpc) is 2.81. The summed E-state index contributed by atoms with van der Waals surface area (Å²) >= 11 is 0. The summed E-state index contributed by atoms with van der Waals surface area (Å²) in [7, 11) is 0. The van der Waals surface area contributed by atoms with Crippen LogP contribution in [0.1, 0.15) is 23.6 Å². The van der Waals surface area contributed by atoms with Crippen molar-refractivity contribution >= 4 is 6.08 Å². The molecule has 0 saturated carbocycles. The third-order valence-corrected chi connectivity index (χ3v) is 3.23. The molecule has 3 rings (SSSR count). The van der Waals surface area contributed by atoms with Crippen LogP contribution in [0.3, 0.4) is 0 Å². The summed E-state index contributed by atoms with van der Waals surface area (Å²) in [5.41, 5.74) is 7.10. The van der Waals surface area contributed by atoms with Crippen molar-refractivity contribution in [3.05, 3.63) is 65.2 Å². The molecule has 0 aromatic heterocycles. The summed E-state index contributed by atoms with van der Waals surface area (Å²) < 4.78 is 0. The predicted molar refractivity (Wildman–Crippen MR) is 77.8 cm³/mol. The zero-order valence-electron chi connectivity index (χ0n) is 10.6. The Morgan fingerprint density at radius 1 is 0.944 bits per heavy atom. The molecular formula is C16H18N2. The third-order valence-electron chi connectivity index (χ3n) is 3.23. The number of nitrogens with two attached hydrogens (primary N) is 2. The summed E-state index contributed by atoms with van der Waals surface area (Å²) in [5, 5.41) is 0. The molecule has 0 unspecified atom stereocenters. The first-order valence-corrected chi connectivity index (χ1v) is 6.06. The van der Waals surface area contributed by atoms with E-state index in [1.807, 2.05) is 0 Å². The summed E-state index contributed by atoms with van der Waals surface area (Å²) in [6.45, 7) is 2.07. The second-order valence-electron chi connectivity index (χ2n) is 4.21. The Kier molecular flexibility index (Phi) is 3.92. The van der Waals surface area contributed by atoms with E-state index >= 15 is 0 Å². The van der Waals surface area contributed by atoms with E-state index in [9.17, 15) is 0 Å². The van der Waals surface area contributed by atoms with Crippen molar-refractivity contribution in [1.29, 1.82) is 0 Å². The summed E-state index contributed by atoms with van der Waals surface area (Å²) in [6, 6.07) is 15.3. The number of hydrogen-bond acceptors (Lipinski definition) is 2. The fourth-order valence-electron chi connectivity index (χ4n) is 2.52. The molecule has 0 fully saturated rings. The Hall–Kier alpha value is -1.90. The molecule has 0 heterocycles. The van der Waals surface area contributed by atoms with Gasteiger partial charge in [0.15, 0.2) is 0 Å². The average molecular weight is 238 g/mol. The summed E-state index contributed by atoms with van der Waals surface area (Å²) in [5.74, 6) is 8.00. The van der Waals surface area contributed by atoms with Gasteiger partial charge in [0.25, 0.3) is 0 Å². The quantitative estimate of drug-likeness (QED) is 0.505. The fourth-order valence-corrected chi connectivity index (χ4v) is 2.52. The summed E-state index contributed by atoms with van der Waals surface area (Å²) in [4.78, 5) is 0. The van der Waals surface area contributed by atoms with E-state index in [1.54, 1.807) is 0 Å². The van der Waals surface area contributed by atoms with Gasteiger partial charge in [-0.2, -0.15) is 0 Å². The zero-order chi connectivity index (χ0) is 13.0. The second kappa shape index (κ2) is 5.63. The fraction of sp³-hybridized carbons (Fsp3) is 0.125. The van der Waals surface area contributed by atoms with E-state index in [4.69, 9.17) is 0 Å². The number of hydrogen-bond donors (Lipinski definition) is 2. The number of rotatable bonds is 1. The van der Waals surface area contributed by atoms with Gasteiger partial charge in [-0.25, -0.2) is 0 Å². The molecule has 0 spiro atoms. The molecule has 92 valence electrons. The molecule has 0 atom stereocenters. The maximum absolute atomic E-state index is 4.00. The molecule has 0 radical (unpaired) electrons. The Labute approximate surface area is 108 Å². The molecule has 1 aliphatic carbocycles. The minimum absolute atomic E-state index is 1.08. The van der Waals surface area contributed by atoms with Gasteiger partial charge in [0.05, 0.1) is 0 Å². The van der Waals surface area contributed by atoms with Crippen LogP contribution in [-0.2, 0) is 6.42 Å². The van der Waals surface area contributed by atoms with Crippen LogP contribution in [0.25, 0.3) is 17.2 Å². The van der Waals surface area contributed by atoms with Crippen molar-refractivity contribution in [3.8, 4) is 11.1 Å². The molecule has 4 N–H and O–H groups in total. The number of allylic oxidation sites excluding steroid dienone is 1. The highest BCUT2D eigenvalue weighted by Crippen LogP contribution is 2.38. The molecule has 2 aromatic rings. The van der Waals surface area contributed by atoms with Crippen LogP contribution in [0.2, 0.25) is 0 Å². The van der Waals surface area contributed by atoms with E-state index in [0.717, 1.165) is 6.42 Å². The second-order valence-corrected chi connectivity index (χ2v) is 4.21. The van der Waals surface area contributed by atoms with Gasteiger partial charge in [0.1, 0.15) is 0 Å². The van der Waals surface area contributed by atoms with Gasteiger partial charge < -0.3 is 0 Å². The molecule has 2 heteroatoms. The Morgan fingerprint density at radius 3 is 2.44 bits per heavy atom. The van der Waals surface area contributed by atoms with Gasteiger partial charge >= 0.3 is 0 Å². The molecule has 2 aromatic carbocycles. The first-order chi connectivity index (χ1) is 8.90. The number of fused-ring (bicyclic) bond motifs is 3. The first-order valence-electron chi connectivity index (χ1n) is 6.06. The SMILES string of the molecule is CC=Cc1cccc2c1Cc1ccccc1-2.NN. The summed E-state index contributed by atoms with van der Waals surface area (Å²) in [6.07, 6.45) is 5.38. The lowest BCUT2D eigenvalue weighted by Gasteiger charge is -2.03. The van der Waals surface area contributed by atoms with Crippen molar-refractivity contribution in [2.24, 2.45) is 11.7 Å². The Balaban J connectivity index is 0.000000574. The van der Waals surface area contributed by atoms with Gasteiger partial charge in [-0.05, 0) is 41.2 Å². The lowest BCUT2D eigenvalue weighted by molar-refractivity contribution is 1.25. The Morgan fingerprint density at radius 2 is 1.67 bits per heavy atom. The molecule has 0 amide bonds. The van der Waals surface area contributed by atoms with Crippen LogP contribution < -0.4 is 11.7 Å². The van der Waals surface area contributed by atoms with Crippen LogP contribution in [-0.4, -0.2) is 0 Å². The smallest absolute Gasteiger partial charge is 0.000751 e. The molecule has 0 bridgehead atoms. The van der Waals surface area contributed by atoms with Gasteiger partial charge in [-0.3, -0.25) is 11.7 Å². The predicted octanol–water partition coefficient (Wildman–Crippen LogP) is 3.11. The van der Waals surface area contributed by atoms with Crippen LogP contribution in [0.5, 0.6) is 0 Å². The minimum atomic E-state index is 1.08. The van der Waals surface area contributed by atoms with Crippen LogP contribution in [0, 0.1) is 0 Å². The monoisotopic (exact) mass is 238 g/mol. The first kappa shape index (κ1) is 12.6. The van der Waals surface area contributed by atoms with Crippen molar-refractivity contribution in [1.82, 2.24) is 0 Å². The largest absolute Gasteiger partial charge is 0.274 e. The lowest BCUT2D eigenvalue weighted by atomic mass is 10.0. The third kappa shape index (κ3) is 2.08. The minimum Gasteiger partial charge on any atom is -0.274 e. The number of hydrazine groups is 1. The van der Waals surface area contributed by atoms with Crippen LogP contribution in [0.4, 0.5) is 0 Å². The molecule has 1 aliphatic rings. The van der Waals surface area contributed by atoms with Crippen molar-refractivity contribution in [3.63, 3.8) is 0 Å². The van der Waals surface area contributed by atoms with Gasteiger partial charge in [0, 0.05) is 0 Å². The Bertz CT molecular complexity index is 571. The van der Waals surface area contributed by atoms with E-state index in [-0.39, 0.29) is 0 Å². The molecule has 18 heavy (non-hydrogen) atoms.